The van der Waals surface area contributed by atoms with Crippen molar-refractivity contribution in [2.75, 3.05) is 25.7 Å². The Kier molecular flexibility index (Phi) is 6.55. The number of aliphatic hydroxyl groups is 1. The first kappa shape index (κ1) is 18.7. The highest BCUT2D eigenvalue weighted by Crippen LogP contribution is 2.30. The van der Waals surface area contributed by atoms with Crippen molar-refractivity contribution in [3.05, 3.63) is 29.3 Å². The summed E-state index contributed by atoms with van der Waals surface area (Å²) in [5.74, 6) is -0.513. The normalized spacial score (nSPS) is 14.5. The Morgan fingerprint density at radius 2 is 2.08 bits per heavy atom. The van der Waals surface area contributed by atoms with Gasteiger partial charge in [0.05, 0.1) is 24.5 Å². The van der Waals surface area contributed by atoms with Crippen LogP contribution in [0.15, 0.2) is 18.2 Å². The molecule has 0 aromatic heterocycles. The van der Waals surface area contributed by atoms with Crippen molar-refractivity contribution < 1.29 is 32.3 Å². The maximum absolute atomic E-state index is 11.3. The first-order valence-corrected chi connectivity index (χ1v) is 9.16. The van der Waals surface area contributed by atoms with E-state index in [1.807, 2.05) is 0 Å². The number of hydrogen-bond acceptors (Lipinski definition) is 7. The molecule has 0 unspecified atom stereocenters. The molecule has 1 saturated carbocycles. The summed E-state index contributed by atoms with van der Waals surface area (Å²) in [5, 5.41) is 20.5. The second-order valence-corrected chi connectivity index (χ2v) is 7.32. The molecule has 0 heterocycles. The van der Waals surface area contributed by atoms with Gasteiger partial charge in [-0.1, -0.05) is 6.07 Å². The molecule has 0 spiro atoms. The molecule has 0 bridgehead atoms. The molecule has 1 aromatic carbocycles. The first-order chi connectivity index (χ1) is 11.4. The molecule has 0 saturated heterocycles. The summed E-state index contributed by atoms with van der Waals surface area (Å²) in [6.07, 6.45) is 2.23. The lowest BCUT2D eigenvalue weighted by Gasteiger charge is -2.13. The number of benzene rings is 1. The topological polar surface area (TPSA) is 122 Å². The van der Waals surface area contributed by atoms with E-state index in [9.17, 15) is 13.2 Å². The summed E-state index contributed by atoms with van der Waals surface area (Å²) in [6.45, 7) is 0.0508. The van der Waals surface area contributed by atoms with Crippen LogP contribution in [-0.4, -0.2) is 50.3 Å². The quantitative estimate of drug-likeness (QED) is 0.298. The highest BCUT2D eigenvalue weighted by molar-refractivity contribution is 7.86. The van der Waals surface area contributed by atoms with E-state index in [4.69, 9.17) is 14.9 Å². The van der Waals surface area contributed by atoms with E-state index in [1.54, 1.807) is 6.07 Å². The maximum Gasteiger partial charge on any atom is 0.335 e. The fraction of sp³-hybridized carbons (Fsp3) is 0.533. The maximum atomic E-state index is 11.3. The number of carboxylic acids is 1. The summed E-state index contributed by atoms with van der Waals surface area (Å²) >= 11 is 0. The monoisotopic (exact) mass is 359 g/mol. The molecule has 1 aliphatic carbocycles. The SMILES string of the molecule is O=C(O)c1ccc(CNCOS(=O)(=O)CCO)c(OCC2CC2)c1. The Hall–Kier alpha value is -1.68. The molecule has 0 radical (unpaired) electrons. The van der Waals surface area contributed by atoms with Gasteiger partial charge in [0.2, 0.25) is 0 Å². The summed E-state index contributed by atoms with van der Waals surface area (Å²) < 4.78 is 33.0. The van der Waals surface area contributed by atoms with E-state index < -0.39 is 28.4 Å². The lowest BCUT2D eigenvalue weighted by atomic mass is 10.1. The Morgan fingerprint density at radius 3 is 2.71 bits per heavy atom. The Morgan fingerprint density at radius 1 is 1.33 bits per heavy atom. The zero-order valence-corrected chi connectivity index (χ0v) is 13.9. The van der Waals surface area contributed by atoms with Gasteiger partial charge in [-0.25, -0.2) is 4.79 Å². The average Bonchev–Trinajstić information content (AvgIpc) is 3.34. The second-order valence-electron chi connectivity index (χ2n) is 5.56. The van der Waals surface area contributed by atoms with Crippen LogP contribution < -0.4 is 10.1 Å². The van der Waals surface area contributed by atoms with Gasteiger partial charge in [-0.3, -0.25) is 9.50 Å². The van der Waals surface area contributed by atoms with Gasteiger partial charge in [-0.2, -0.15) is 8.42 Å². The first-order valence-electron chi connectivity index (χ1n) is 7.59. The third-order valence-corrected chi connectivity index (χ3v) is 4.64. The number of aromatic carboxylic acids is 1. The van der Waals surface area contributed by atoms with Crippen LogP contribution in [0.5, 0.6) is 5.75 Å². The van der Waals surface area contributed by atoms with Crippen molar-refractivity contribution in [1.82, 2.24) is 5.32 Å². The molecule has 0 amide bonds. The van der Waals surface area contributed by atoms with Crippen molar-refractivity contribution in [2.24, 2.45) is 5.92 Å². The number of rotatable bonds is 11. The third-order valence-electron chi connectivity index (χ3n) is 3.48. The summed E-state index contributed by atoms with van der Waals surface area (Å²) in [6, 6.07) is 4.55. The van der Waals surface area contributed by atoms with Crippen LogP contribution in [0.1, 0.15) is 28.8 Å². The van der Waals surface area contributed by atoms with E-state index in [1.165, 1.54) is 12.1 Å². The predicted octanol–water partition coefficient (Wildman–Crippen LogP) is 0.559. The van der Waals surface area contributed by atoms with Gasteiger partial charge in [0, 0.05) is 12.1 Å². The van der Waals surface area contributed by atoms with Crippen molar-refractivity contribution in [3.63, 3.8) is 0 Å². The van der Waals surface area contributed by atoms with Gasteiger partial charge < -0.3 is 14.9 Å². The molecule has 1 aromatic rings. The van der Waals surface area contributed by atoms with Gasteiger partial charge in [0.15, 0.2) is 0 Å². The molecule has 0 atom stereocenters. The van der Waals surface area contributed by atoms with E-state index in [-0.39, 0.29) is 18.8 Å². The minimum atomic E-state index is -3.75. The van der Waals surface area contributed by atoms with Crippen LogP contribution in [-0.2, 0) is 20.8 Å². The van der Waals surface area contributed by atoms with Crippen LogP contribution in [0.2, 0.25) is 0 Å². The molecular formula is C15H21NO7S. The molecule has 8 nitrogen and oxygen atoms in total. The fourth-order valence-corrected chi connectivity index (χ4v) is 2.55. The Bertz CT molecular complexity index is 670. The van der Waals surface area contributed by atoms with Crippen molar-refractivity contribution in [2.45, 2.75) is 19.4 Å². The lowest BCUT2D eigenvalue weighted by Crippen LogP contribution is -2.23. The van der Waals surface area contributed by atoms with E-state index in [0.717, 1.165) is 12.8 Å². The van der Waals surface area contributed by atoms with Crippen LogP contribution in [0.4, 0.5) is 0 Å². The molecule has 2 rings (SSSR count). The second kappa shape index (κ2) is 8.43. The summed E-state index contributed by atoms with van der Waals surface area (Å²) in [4.78, 5) is 11.1. The van der Waals surface area contributed by atoms with Crippen LogP contribution in [0, 0.1) is 5.92 Å². The van der Waals surface area contributed by atoms with Gasteiger partial charge >= 0.3 is 5.97 Å². The molecular weight excluding hydrogens is 338 g/mol. The number of carboxylic acid groups (broad SMARTS) is 1. The Balaban J connectivity index is 1.93. The summed E-state index contributed by atoms with van der Waals surface area (Å²) in [5.41, 5.74) is 0.843. The number of aliphatic hydroxyl groups excluding tert-OH is 1. The van der Waals surface area contributed by atoms with E-state index >= 15 is 0 Å². The van der Waals surface area contributed by atoms with Gasteiger partial charge in [0.25, 0.3) is 10.1 Å². The highest BCUT2D eigenvalue weighted by Gasteiger charge is 2.22. The number of ether oxygens (including phenoxy) is 1. The minimum Gasteiger partial charge on any atom is -0.493 e. The molecule has 9 heteroatoms. The van der Waals surface area contributed by atoms with E-state index in [2.05, 4.69) is 9.50 Å². The van der Waals surface area contributed by atoms with Crippen LogP contribution in [0.25, 0.3) is 0 Å². The van der Waals surface area contributed by atoms with Gasteiger partial charge in [-0.05, 0) is 30.9 Å². The summed E-state index contributed by atoms with van der Waals surface area (Å²) in [7, 11) is -3.75. The largest absolute Gasteiger partial charge is 0.493 e. The van der Waals surface area contributed by atoms with Crippen molar-refractivity contribution >= 4 is 16.1 Å². The predicted molar refractivity (Wildman–Crippen MR) is 85.3 cm³/mol. The molecule has 1 fully saturated rings. The zero-order chi connectivity index (χ0) is 17.6. The van der Waals surface area contributed by atoms with Crippen molar-refractivity contribution in [3.8, 4) is 5.75 Å². The molecule has 0 aliphatic heterocycles. The number of nitrogens with one attached hydrogen (secondary N) is 1. The van der Waals surface area contributed by atoms with Crippen LogP contribution >= 0.6 is 0 Å². The highest BCUT2D eigenvalue weighted by atomic mass is 32.2. The smallest absolute Gasteiger partial charge is 0.335 e. The minimum absolute atomic E-state index is 0.131. The number of carbonyl (C=O) groups is 1. The fourth-order valence-electron chi connectivity index (χ4n) is 1.95. The van der Waals surface area contributed by atoms with Gasteiger partial charge in [0.1, 0.15) is 12.5 Å². The molecule has 134 valence electrons. The lowest BCUT2D eigenvalue weighted by molar-refractivity contribution is 0.0696. The third kappa shape index (κ3) is 6.08. The number of hydrogen-bond donors (Lipinski definition) is 3. The average molecular weight is 359 g/mol. The zero-order valence-electron chi connectivity index (χ0n) is 13.1. The van der Waals surface area contributed by atoms with Crippen LogP contribution in [0.3, 0.4) is 0 Å². The standard InChI is InChI=1S/C15H21NO7S/c17-5-6-24(20,21)23-10-16-8-13-4-3-12(15(18)19)7-14(13)22-9-11-1-2-11/h3-4,7,11,16-17H,1-2,5-6,8-10H2,(H,18,19). The van der Waals surface area contributed by atoms with Gasteiger partial charge in [-0.15, -0.1) is 0 Å². The Labute approximate surface area is 140 Å². The van der Waals surface area contributed by atoms with Crippen molar-refractivity contribution in [1.29, 1.82) is 0 Å². The molecule has 24 heavy (non-hydrogen) atoms. The molecule has 1 aliphatic rings. The molecule has 3 N–H and O–H groups in total. The van der Waals surface area contributed by atoms with E-state index in [0.29, 0.717) is 23.8 Å².